The van der Waals surface area contributed by atoms with E-state index in [2.05, 4.69) is 0 Å². The van der Waals surface area contributed by atoms with Crippen molar-refractivity contribution in [1.82, 2.24) is 4.90 Å². The highest BCUT2D eigenvalue weighted by Crippen LogP contribution is 2.25. The number of methoxy groups -OCH3 is 1. The molecule has 0 radical (unpaired) electrons. The monoisotopic (exact) mass is 339 g/mol. The summed E-state index contributed by atoms with van der Waals surface area (Å²) in [5.74, 6) is 1.19. The van der Waals surface area contributed by atoms with Gasteiger partial charge in [0.05, 0.1) is 18.6 Å². The molecule has 128 valence electrons. The molecule has 1 aliphatic heterocycles. The minimum absolute atomic E-state index is 0.0259. The Morgan fingerprint density at radius 1 is 1.35 bits per heavy atom. The van der Waals surface area contributed by atoms with Crippen molar-refractivity contribution in [3.05, 3.63) is 29.8 Å². The highest BCUT2D eigenvalue weighted by atomic mass is 32.2. The average Bonchev–Trinajstić information content (AvgIpc) is 2.87. The van der Waals surface area contributed by atoms with Crippen molar-refractivity contribution in [2.24, 2.45) is 0 Å². The molecule has 0 saturated carbocycles. The third-order valence-electron chi connectivity index (χ3n) is 4.48. The van der Waals surface area contributed by atoms with Gasteiger partial charge in [0.15, 0.2) is 9.84 Å². The van der Waals surface area contributed by atoms with Crippen LogP contribution >= 0.6 is 0 Å². The smallest absolute Gasteiger partial charge is 0.223 e. The van der Waals surface area contributed by atoms with Crippen LogP contribution in [0.5, 0.6) is 5.75 Å². The fraction of sp³-hybridized carbons (Fsp3) is 0.588. The normalized spacial score (nSPS) is 20.9. The number of carbonyl (C=O) groups is 1. The molecular weight excluding hydrogens is 314 g/mol. The molecule has 1 fully saturated rings. The molecule has 1 aromatic rings. The molecule has 2 rings (SSSR count). The number of hydrogen-bond donors (Lipinski definition) is 0. The number of carbonyl (C=O) groups excluding carboxylic acids is 1. The molecule has 23 heavy (non-hydrogen) atoms. The molecule has 0 bridgehead atoms. The quantitative estimate of drug-likeness (QED) is 0.797. The van der Waals surface area contributed by atoms with Crippen molar-refractivity contribution < 1.29 is 17.9 Å². The summed E-state index contributed by atoms with van der Waals surface area (Å²) >= 11 is 0. The minimum Gasteiger partial charge on any atom is -0.497 e. The SMILES string of the molecule is CCN(C(=O)CC(C)c1ccc(OC)cc1)C1CCS(=O)(=O)C1. The lowest BCUT2D eigenvalue weighted by Crippen LogP contribution is -2.41. The molecular formula is C17H25NO4S. The fourth-order valence-electron chi connectivity index (χ4n) is 3.09. The predicted molar refractivity (Wildman–Crippen MR) is 90.5 cm³/mol. The van der Waals surface area contributed by atoms with Crippen molar-refractivity contribution in [2.75, 3.05) is 25.2 Å². The van der Waals surface area contributed by atoms with E-state index in [1.165, 1.54) is 0 Å². The molecule has 1 heterocycles. The van der Waals surface area contributed by atoms with E-state index in [-0.39, 0.29) is 29.4 Å². The van der Waals surface area contributed by atoms with E-state index in [1.807, 2.05) is 38.1 Å². The Morgan fingerprint density at radius 3 is 2.48 bits per heavy atom. The molecule has 2 atom stereocenters. The number of hydrogen-bond acceptors (Lipinski definition) is 4. The molecule has 6 heteroatoms. The Morgan fingerprint density at radius 2 is 2.00 bits per heavy atom. The Labute approximate surface area is 138 Å². The average molecular weight is 339 g/mol. The van der Waals surface area contributed by atoms with Crippen LogP contribution in [0.4, 0.5) is 0 Å². The van der Waals surface area contributed by atoms with Crippen LogP contribution in [0, 0.1) is 0 Å². The van der Waals surface area contributed by atoms with Crippen LogP contribution in [0.2, 0.25) is 0 Å². The van der Waals surface area contributed by atoms with Crippen molar-refractivity contribution in [3.63, 3.8) is 0 Å². The maximum atomic E-state index is 12.6. The Bertz CT molecular complexity index is 639. The first-order valence-corrected chi connectivity index (χ1v) is 9.82. The van der Waals surface area contributed by atoms with Gasteiger partial charge in [0, 0.05) is 19.0 Å². The number of nitrogens with zero attached hydrogens (tertiary/aromatic N) is 1. The van der Waals surface area contributed by atoms with E-state index in [4.69, 9.17) is 4.74 Å². The first kappa shape index (κ1) is 17.8. The van der Waals surface area contributed by atoms with E-state index >= 15 is 0 Å². The Hall–Kier alpha value is -1.56. The third-order valence-corrected chi connectivity index (χ3v) is 6.23. The van der Waals surface area contributed by atoms with Gasteiger partial charge in [-0.15, -0.1) is 0 Å². The van der Waals surface area contributed by atoms with Crippen molar-refractivity contribution in [3.8, 4) is 5.75 Å². The van der Waals surface area contributed by atoms with Gasteiger partial charge in [-0.05, 0) is 37.0 Å². The third kappa shape index (κ3) is 4.47. The summed E-state index contributed by atoms with van der Waals surface area (Å²) in [7, 11) is -1.36. The Balaban J connectivity index is 2.01. The van der Waals surface area contributed by atoms with Gasteiger partial charge >= 0.3 is 0 Å². The van der Waals surface area contributed by atoms with Crippen LogP contribution in [0.3, 0.4) is 0 Å². The predicted octanol–water partition coefficient (Wildman–Crippen LogP) is 2.22. The number of rotatable bonds is 6. The largest absolute Gasteiger partial charge is 0.497 e. The second-order valence-electron chi connectivity index (χ2n) is 6.11. The first-order chi connectivity index (χ1) is 10.9. The Kier molecular flexibility index (Phi) is 5.68. The summed E-state index contributed by atoms with van der Waals surface area (Å²) in [4.78, 5) is 14.3. The van der Waals surface area contributed by atoms with Gasteiger partial charge in [-0.25, -0.2) is 8.42 Å². The van der Waals surface area contributed by atoms with Gasteiger partial charge in [-0.2, -0.15) is 0 Å². The van der Waals surface area contributed by atoms with Crippen molar-refractivity contribution in [2.45, 2.75) is 38.6 Å². The first-order valence-electron chi connectivity index (χ1n) is 8.00. The zero-order valence-corrected chi connectivity index (χ0v) is 14.8. The van der Waals surface area contributed by atoms with E-state index in [9.17, 15) is 13.2 Å². The molecule has 5 nitrogen and oxygen atoms in total. The highest BCUT2D eigenvalue weighted by molar-refractivity contribution is 7.91. The summed E-state index contributed by atoms with van der Waals surface area (Å²) in [6.45, 7) is 4.47. The highest BCUT2D eigenvalue weighted by Gasteiger charge is 2.34. The van der Waals surface area contributed by atoms with Gasteiger partial charge in [0.2, 0.25) is 5.91 Å². The minimum atomic E-state index is -2.98. The summed E-state index contributed by atoms with van der Waals surface area (Å²) in [6.07, 6.45) is 0.940. The topological polar surface area (TPSA) is 63.7 Å². The van der Waals surface area contributed by atoms with Gasteiger partial charge in [-0.1, -0.05) is 19.1 Å². The van der Waals surface area contributed by atoms with Crippen molar-refractivity contribution >= 4 is 15.7 Å². The lowest BCUT2D eigenvalue weighted by molar-refractivity contribution is -0.133. The summed E-state index contributed by atoms with van der Waals surface area (Å²) in [5, 5.41) is 0. The number of ether oxygens (including phenoxy) is 1. The van der Waals surface area contributed by atoms with E-state index in [0.29, 0.717) is 19.4 Å². The summed E-state index contributed by atoms with van der Waals surface area (Å²) < 4.78 is 28.4. The number of amides is 1. The lowest BCUT2D eigenvalue weighted by atomic mass is 9.96. The van der Waals surface area contributed by atoms with Gasteiger partial charge in [0.1, 0.15) is 5.75 Å². The molecule has 1 amide bonds. The lowest BCUT2D eigenvalue weighted by Gasteiger charge is -2.28. The van der Waals surface area contributed by atoms with Gasteiger partial charge < -0.3 is 9.64 Å². The maximum Gasteiger partial charge on any atom is 0.223 e. The molecule has 1 aromatic carbocycles. The molecule has 0 N–H and O–H groups in total. The number of sulfone groups is 1. The zero-order chi connectivity index (χ0) is 17.0. The molecule has 1 aliphatic rings. The van der Waals surface area contributed by atoms with Crippen LogP contribution < -0.4 is 4.74 Å². The standard InChI is InChI=1S/C17H25NO4S/c1-4-18(15-9-10-23(20,21)12-15)17(19)11-13(2)14-5-7-16(22-3)8-6-14/h5-8,13,15H,4,9-12H2,1-3H3. The van der Waals surface area contributed by atoms with Crippen molar-refractivity contribution in [1.29, 1.82) is 0 Å². The van der Waals surface area contributed by atoms with Gasteiger partial charge in [0.25, 0.3) is 0 Å². The van der Waals surface area contributed by atoms with Crippen LogP contribution in [-0.4, -0.2) is 50.4 Å². The maximum absolute atomic E-state index is 12.6. The zero-order valence-electron chi connectivity index (χ0n) is 14.0. The number of benzene rings is 1. The molecule has 0 aliphatic carbocycles. The molecule has 0 spiro atoms. The molecule has 1 saturated heterocycles. The summed E-state index contributed by atoms with van der Waals surface area (Å²) in [6, 6.07) is 7.54. The molecule has 0 aromatic heterocycles. The summed E-state index contributed by atoms with van der Waals surface area (Å²) in [5.41, 5.74) is 1.08. The van der Waals surface area contributed by atoms with E-state index in [0.717, 1.165) is 11.3 Å². The van der Waals surface area contributed by atoms with Crippen LogP contribution in [-0.2, 0) is 14.6 Å². The van der Waals surface area contributed by atoms with Gasteiger partial charge in [-0.3, -0.25) is 4.79 Å². The second kappa shape index (κ2) is 7.34. The fourth-order valence-corrected chi connectivity index (χ4v) is 4.82. The van der Waals surface area contributed by atoms with E-state index in [1.54, 1.807) is 12.0 Å². The van der Waals surface area contributed by atoms with Crippen LogP contribution in [0.25, 0.3) is 0 Å². The van der Waals surface area contributed by atoms with Crippen LogP contribution in [0.15, 0.2) is 24.3 Å². The van der Waals surface area contributed by atoms with Crippen LogP contribution in [0.1, 0.15) is 38.2 Å². The van der Waals surface area contributed by atoms with E-state index < -0.39 is 9.84 Å². The second-order valence-corrected chi connectivity index (χ2v) is 8.34. The molecule has 2 unspecified atom stereocenters.